The van der Waals surface area contributed by atoms with E-state index in [0.717, 1.165) is 16.5 Å². The van der Waals surface area contributed by atoms with E-state index in [1.54, 1.807) is 47.6 Å². The zero-order valence-electron chi connectivity index (χ0n) is 20.9. The average Bonchev–Trinajstić information content (AvgIpc) is 2.91. The van der Waals surface area contributed by atoms with Crippen molar-refractivity contribution in [3.8, 4) is 11.9 Å². The van der Waals surface area contributed by atoms with Crippen LogP contribution in [0, 0.1) is 11.3 Å². The first kappa shape index (κ1) is 24.2. The number of aromatic nitrogens is 3. The molecule has 0 saturated carbocycles. The van der Waals surface area contributed by atoms with Gasteiger partial charge in [-0.1, -0.05) is 6.07 Å². The third-order valence-electron chi connectivity index (χ3n) is 6.56. The van der Waals surface area contributed by atoms with Crippen LogP contribution >= 0.6 is 0 Å². The van der Waals surface area contributed by atoms with E-state index >= 15 is 0 Å². The Kier molecular flexibility index (Phi) is 6.19. The van der Waals surface area contributed by atoms with Gasteiger partial charge in [-0.15, -0.1) is 0 Å². The van der Waals surface area contributed by atoms with E-state index in [4.69, 9.17) is 4.74 Å². The van der Waals surface area contributed by atoms with Gasteiger partial charge in [0, 0.05) is 37.4 Å². The monoisotopic (exact) mass is 494 g/mol. The Morgan fingerprint density at radius 2 is 2.08 bits per heavy atom. The Hall–Kier alpha value is -4.55. The highest BCUT2D eigenvalue weighted by Crippen LogP contribution is 2.32. The zero-order chi connectivity index (χ0) is 26.2. The summed E-state index contributed by atoms with van der Waals surface area (Å²) in [6.07, 6.45) is 3.39. The van der Waals surface area contributed by atoms with Gasteiger partial charge in [0.05, 0.1) is 37.0 Å². The molecule has 1 aliphatic heterocycles. The maximum Gasteiger partial charge on any atom is 0.279 e. The lowest BCUT2D eigenvalue weighted by atomic mass is 9.79. The largest absolute Gasteiger partial charge is 0.375 e. The molecule has 9 nitrogen and oxygen atoms in total. The Morgan fingerprint density at radius 3 is 2.86 bits per heavy atom. The van der Waals surface area contributed by atoms with Crippen molar-refractivity contribution in [3.05, 3.63) is 93.7 Å². The minimum absolute atomic E-state index is 0.162. The lowest BCUT2D eigenvalue weighted by molar-refractivity contribution is 0.0757. The van der Waals surface area contributed by atoms with E-state index in [1.165, 1.54) is 4.57 Å². The molecule has 0 saturated heterocycles. The number of ether oxygens (including phenoxy) is 1. The molecule has 5 rings (SSSR count). The number of amides is 1. The number of carbonyl (C=O) groups excluding carboxylic acids is 1. The van der Waals surface area contributed by atoms with Crippen LogP contribution in [0.5, 0.6) is 0 Å². The van der Waals surface area contributed by atoms with Crippen LogP contribution in [0.3, 0.4) is 0 Å². The Labute approximate surface area is 214 Å². The van der Waals surface area contributed by atoms with Crippen molar-refractivity contribution in [1.82, 2.24) is 19.9 Å². The Bertz CT molecular complexity index is 1620. The second-order valence-corrected chi connectivity index (χ2v) is 9.49. The third kappa shape index (κ3) is 4.55. The maximum atomic E-state index is 12.9. The first-order chi connectivity index (χ1) is 17.8. The van der Waals surface area contributed by atoms with Crippen LogP contribution < -0.4 is 15.8 Å². The van der Waals surface area contributed by atoms with Crippen molar-refractivity contribution in [2.45, 2.75) is 25.5 Å². The molecule has 3 aromatic heterocycles. The molecule has 9 heteroatoms. The number of nitrogens with one attached hydrogen (secondary N) is 1. The zero-order valence-corrected chi connectivity index (χ0v) is 20.9. The fraction of sp³-hybridized carbons (Fsp3) is 0.250. The molecule has 1 atom stereocenters. The van der Waals surface area contributed by atoms with E-state index in [0.29, 0.717) is 41.5 Å². The summed E-state index contributed by atoms with van der Waals surface area (Å²) in [5, 5.41) is 13.4. The van der Waals surface area contributed by atoms with Crippen molar-refractivity contribution < 1.29 is 9.53 Å². The lowest BCUT2D eigenvalue weighted by Crippen LogP contribution is -2.33. The standard InChI is InChI=1S/C28H26N6O3/c1-28(16-29)17-37-15-20-7-6-18(11-22(20)28)26(35)31-14-21-12-23-19(13-30-21)8-9-25(32-23)34-10-4-5-24(27(34)36)33(2)3/h4-13H,14-15,17H2,1-3H3,(H,31,35)/t28-/m1/s1. The second kappa shape index (κ2) is 9.48. The predicted molar refractivity (Wildman–Crippen MR) is 140 cm³/mol. The van der Waals surface area contributed by atoms with Gasteiger partial charge in [0.2, 0.25) is 0 Å². The molecule has 4 heterocycles. The summed E-state index contributed by atoms with van der Waals surface area (Å²) < 4.78 is 7.05. The molecule has 4 aromatic rings. The summed E-state index contributed by atoms with van der Waals surface area (Å²) in [5.41, 5.74) is 3.12. The van der Waals surface area contributed by atoms with Crippen LogP contribution in [0.1, 0.15) is 34.1 Å². The van der Waals surface area contributed by atoms with Gasteiger partial charge >= 0.3 is 0 Å². The normalized spacial score (nSPS) is 16.6. The van der Waals surface area contributed by atoms with Crippen molar-refractivity contribution in [3.63, 3.8) is 0 Å². The minimum Gasteiger partial charge on any atom is -0.375 e. The molecule has 0 radical (unpaired) electrons. The highest BCUT2D eigenvalue weighted by atomic mass is 16.5. The quantitative estimate of drug-likeness (QED) is 0.454. The number of carbonyl (C=O) groups is 1. The molecule has 1 aliphatic rings. The highest BCUT2D eigenvalue weighted by molar-refractivity contribution is 5.94. The van der Waals surface area contributed by atoms with Gasteiger partial charge in [0.1, 0.15) is 16.9 Å². The van der Waals surface area contributed by atoms with E-state index in [-0.39, 0.29) is 18.0 Å². The molecule has 37 heavy (non-hydrogen) atoms. The summed E-state index contributed by atoms with van der Waals surface area (Å²) in [5.74, 6) is 0.242. The molecule has 186 valence electrons. The number of anilines is 1. The third-order valence-corrected chi connectivity index (χ3v) is 6.56. The van der Waals surface area contributed by atoms with Crippen LogP contribution in [0.4, 0.5) is 5.69 Å². The number of nitriles is 1. The van der Waals surface area contributed by atoms with Crippen molar-refractivity contribution in [2.75, 3.05) is 25.6 Å². The lowest BCUT2D eigenvalue weighted by Gasteiger charge is -2.30. The van der Waals surface area contributed by atoms with Gasteiger partial charge in [0.15, 0.2) is 0 Å². The summed E-state index contributed by atoms with van der Waals surface area (Å²) in [6, 6.07) is 16.7. The van der Waals surface area contributed by atoms with Gasteiger partial charge in [0.25, 0.3) is 11.5 Å². The topological polar surface area (TPSA) is 113 Å². The molecule has 0 bridgehead atoms. The molecule has 1 amide bonds. The average molecular weight is 495 g/mol. The fourth-order valence-corrected chi connectivity index (χ4v) is 4.45. The minimum atomic E-state index is -0.790. The van der Waals surface area contributed by atoms with E-state index in [1.807, 2.05) is 39.2 Å². The number of hydrogen-bond acceptors (Lipinski definition) is 7. The van der Waals surface area contributed by atoms with Crippen LogP contribution in [0.2, 0.25) is 0 Å². The van der Waals surface area contributed by atoms with Gasteiger partial charge in [-0.2, -0.15) is 5.26 Å². The van der Waals surface area contributed by atoms with Gasteiger partial charge in [-0.25, -0.2) is 4.98 Å². The Morgan fingerprint density at radius 1 is 1.24 bits per heavy atom. The van der Waals surface area contributed by atoms with Gasteiger partial charge in [-0.05, 0) is 60.5 Å². The van der Waals surface area contributed by atoms with Gasteiger partial charge < -0.3 is 15.0 Å². The molecular formula is C28H26N6O3. The number of fused-ring (bicyclic) bond motifs is 2. The first-order valence-electron chi connectivity index (χ1n) is 11.8. The highest BCUT2D eigenvalue weighted by Gasteiger charge is 2.33. The Balaban J connectivity index is 1.37. The van der Waals surface area contributed by atoms with Crippen LogP contribution in [-0.2, 0) is 23.3 Å². The number of rotatable bonds is 5. The number of benzene rings is 1. The van der Waals surface area contributed by atoms with Gasteiger partial charge in [-0.3, -0.25) is 19.1 Å². The van der Waals surface area contributed by atoms with Crippen LogP contribution in [0.15, 0.2) is 65.7 Å². The van der Waals surface area contributed by atoms with Crippen molar-refractivity contribution in [2.24, 2.45) is 0 Å². The smallest absolute Gasteiger partial charge is 0.279 e. The van der Waals surface area contributed by atoms with E-state index < -0.39 is 5.41 Å². The van der Waals surface area contributed by atoms with Crippen LogP contribution in [0.25, 0.3) is 16.7 Å². The predicted octanol–water partition coefficient (Wildman–Crippen LogP) is 3.09. The summed E-state index contributed by atoms with van der Waals surface area (Å²) >= 11 is 0. The SMILES string of the molecule is CN(C)c1cccn(-c2ccc3cnc(CNC(=O)c4ccc5c(c4)[C@](C)(C#N)COC5)cc3n2)c1=O. The van der Waals surface area contributed by atoms with E-state index in [9.17, 15) is 14.9 Å². The summed E-state index contributed by atoms with van der Waals surface area (Å²) in [7, 11) is 3.64. The van der Waals surface area contributed by atoms with Crippen LogP contribution in [-0.4, -0.2) is 41.1 Å². The molecule has 1 N–H and O–H groups in total. The van der Waals surface area contributed by atoms with Crippen molar-refractivity contribution >= 4 is 22.5 Å². The number of pyridine rings is 3. The second-order valence-electron chi connectivity index (χ2n) is 9.49. The maximum absolute atomic E-state index is 12.9. The molecule has 0 spiro atoms. The fourth-order valence-electron chi connectivity index (χ4n) is 4.45. The number of nitrogens with zero attached hydrogens (tertiary/aromatic N) is 5. The molecule has 1 aromatic carbocycles. The first-order valence-corrected chi connectivity index (χ1v) is 11.8. The molecular weight excluding hydrogens is 468 g/mol. The summed E-state index contributed by atoms with van der Waals surface area (Å²) in [6.45, 7) is 2.74. The molecule has 0 aliphatic carbocycles. The number of hydrogen-bond donors (Lipinski definition) is 1. The van der Waals surface area contributed by atoms with E-state index in [2.05, 4.69) is 21.4 Å². The summed E-state index contributed by atoms with van der Waals surface area (Å²) in [4.78, 5) is 36.7. The molecule has 0 fully saturated rings. The van der Waals surface area contributed by atoms with Crippen molar-refractivity contribution in [1.29, 1.82) is 5.26 Å². The molecule has 0 unspecified atom stereocenters.